The number of amides is 1. The lowest BCUT2D eigenvalue weighted by molar-refractivity contribution is 0.0915. The van der Waals surface area contributed by atoms with Crippen LogP contribution in [0, 0.1) is 13.8 Å². The number of hydrogen-bond donors (Lipinski definition) is 3. The fourth-order valence-electron chi connectivity index (χ4n) is 3.24. The lowest BCUT2D eigenvalue weighted by atomic mass is 10.1. The topological polar surface area (TPSA) is 74.5 Å². The van der Waals surface area contributed by atoms with Crippen molar-refractivity contribution in [1.29, 1.82) is 0 Å². The Kier molecular flexibility index (Phi) is 4.62. The molecule has 1 amide bonds. The molecule has 1 aliphatic rings. The van der Waals surface area contributed by atoms with Crippen LogP contribution in [0.25, 0.3) is 0 Å². The molecule has 5 heteroatoms. The van der Waals surface area contributed by atoms with Crippen LogP contribution in [0.3, 0.4) is 0 Å². The van der Waals surface area contributed by atoms with E-state index in [1.54, 1.807) is 24.3 Å². The average Bonchev–Trinajstić information content (AvgIpc) is 3.34. The molecule has 1 aromatic carbocycles. The Morgan fingerprint density at radius 1 is 1.29 bits per heavy atom. The van der Waals surface area contributed by atoms with Crippen LogP contribution in [-0.2, 0) is 6.42 Å². The molecule has 1 fully saturated rings. The smallest absolute Gasteiger partial charge is 0.253 e. The van der Waals surface area contributed by atoms with E-state index in [0.717, 1.165) is 17.0 Å². The van der Waals surface area contributed by atoms with Crippen LogP contribution < -0.4 is 5.32 Å². The molecule has 0 radical (unpaired) electrons. The Morgan fingerprint density at radius 2 is 1.96 bits per heavy atom. The number of phenolic OH excluding ortho intramolecular Hbond substituents is 1. The number of nitrogens with zero attached hydrogens (tertiary/aromatic N) is 1. The van der Waals surface area contributed by atoms with Crippen LogP contribution in [0.5, 0.6) is 5.75 Å². The SMILES string of the molecule is Cc1cc(C(=O)N[C@H](CO)Cc2ccc(O)cc2)c(C)n1C1CC1. The van der Waals surface area contributed by atoms with Crippen LogP contribution in [0.15, 0.2) is 30.3 Å². The molecule has 5 nitrogen and oxygen atoms in total. The summed E-state index contributed by atoms with van der Waals surface area (Å²) in [6.07, 6.45) is 2.87. The van der Waals surface area contributed by atoms with Crippen LogP contribution >= 0.6 is 0 Å². The van der Waals surface area contributed by atoms with Gasteiger partial charge in [0.15, 0.2) is 0 Å². The molecule has 0 spiro atoms. The fourth-order valence-corrected chi connectivity index (χ4v) is 3.24. The zero-order valence-corrected chi connectivity index (χ0v) is 14.1. The van der Waals surface area contributed by atoms with Gasteiger partial charge in [-0.15, -0.1) is 0 Å². The Hall–Kier alpha value is -2.27. The maximum absolute atomic E-state index is 12.6. The van der Waals surface area contributed by atoms with Crippen molar-refractivity contribution in [2.75, 3.05) is 6.61 Å². The quantitative estimate of drug-likeness (QED) is 0.762. The van der Waals surface area contributed by atoms with Crippen LogP contribution in [-0.4, -0.2) is 33.3 Å². The van der Waals surface area contributed by atoms with Crippen molar-refractivity contribution < 1.29 is 15.0 Å². The number of aliphatic hydroxyl groups is 1. The van der Waals surface area contributed by atoms with Crippen LogP contribution in [0.4, 0.5) is 0 Å². The number of aromatic hydroxyl groups is 1. The van der Waals surface area contributed by atoms with E-state index in [1.165, 1.54) is 12.8 Å². The van der Waals surface area contributed by atoms with Gasteiger partial charge in [0.05, 0.1) is 18.2 Å². The van der Waals surface area contributed by atoms with E-state index in [-0.39, 0.29) is 24.3 Å². The third-order valence-corrected chi connectivity index (χ3v) is 4.62. The van der Waals surface area contributed by atoms with Gasteiger partial charge in [-0.2, -0.15) is 0 Å². The van der Waals surface area contributed by atoms with E-state index in [4.69, 9.17) is 0 Å². The van der Waals surface area contributed by atoms with Crippen LogP contribution in [0.2, 0.25) is 0 Å². The first-order valence-electron chi connectivity index (χ1n) is 8.37. The number of benzene rings is 1. The highest BCUT2D eigenvalue weighted by Gasteiger charge is 2.28. The number of carbonyl (C=O) groups excluding carboxylic acids is 1. The van der Waals surface area contributed by atoms with Crippen molar-refractivity contribution >= 4 is 5.91 Å². The summed E-state index contributed by atoms with van der Waals surface area (Å²) >= 11 is 0. The van der Waals surface area contributed by atoms with Crippen LogP contribution in [0.1, 0.15) is 46.2 Å². The molecule has 3 N–H and O–H groups in total. The summed E-state index contributed by atoms with van der Waals surface area (Å²) in [5, 5.41) is 21.8. The summed E-state index contributed by atoms with van der Waals surface area (Å²) in [7, 11) is 0. The van der Waals surface area contributed by atoms with Gasteiger partial charge in [0, 0.05) is 17.4 Å². The molecular weight excluding hydrogens is 304 g/mol. The van der Waals surface area contributed by atoms with Gasteiger partial charge in [0.25, 0.3) is 5.91 Å². The third-order valence-electron chi connectivity index (χ3n) is 4.62. The minimum Gasteiger partial charge on any atom is -0.508 e. The second-order valence-electron chi connectivity index (χ2n) is 6.61. The number of nitrogens with one attached hydrogen (secondary N) is 1. The van der Waals surface area contributed by atoms with E-state index in [0.29, 0.717) is 18.0 Å². The predicted octanol–water partition coefficient (Wildman–Crippen LogP) is 2.48. The van der Waals surface area contributed by atoms with Crippen molar-refractivity contribution in [2.24, 2.45) is 0 Å². The maximum atomic E-state index is 12.6. The summed E-state index contributed by atoms with van der Waals surface area (Å²) < 4.78 is 2.24. The van der Waals surface area contributed by atoms with E-state index in [1.807, 2.05) is 19.9 Å². The van der Waals surface area contributed by atoms with Gasteiger partial charge < -0.3 is 20.1 Å². The molecule has 3 rings (SSSR count). The van der Waals surface area contributed by atoms with Gasteiger partial charge in [-0.3, -0.25) is 4.79 Å². The Bertz CT molecular complexity index is 730. The molecule has 2 aromatic rings. The summed E-state index contributed by atoms with van der Waals surface area (Å²) in [6.45, 7) is 3.88. The number of carbonyl (C=O) groups is 1. The largest absolute Gasteiger partial charge is 0.508 e. The highest BCUT2D eigenvalue weighted by Crippen LogP contribution is 2.38. The third kappa shape index (κ3) is 3.46. The first-order chi connectivity index (χ1) is 11.5. The van der Waals surface area contributed by atoms with Gasteiger partial charge in [-0.25, -0.2) is 0 Å². The first-order valence-corrected chi connectivity index (χ1v) is 8.37. The van der Waals surface area contributed by atoms with Crippen molar-refractivity contribution in [3.63, 3.8) is 0 Å². The summed E-state index contributed by atoms with van der Waals surface area (Å²) in [6, 6.07) is 8.91. The minimum atomic E-state index is -0.356. The number of aryl methyl sites for hydroxylation is 1. The second-order valence-corrected chi connectivity index (χ2v) is 6.61. The van der Waals surface area contributed by atoms with Crippen molar-refractivity contribution in [1.82, 2.24) is 9.88 Å². The molecule has 1 heterocycles. The van der Waals surface area contributed by atoms with E-state index in [2.05, 4.69) is 9.88 Å². The number of aromatic nitrogens is 1. The zero-order valence-electron chi connectivity index (χ0n) is 14.1. The van der Waals surface area contributed by atoms with E-state index < -0.39 is 0 Å². The van der Waals surface area contributed by atoms with Crippen molar-refractivity contribution in [3.8, 4) is 5.75 Å². The maximum Gasteiger partial charge on any atom is 0.253 e. The minimum absolute atomic E-state index is 0.131. The normalized spacial score (nSPS) is 15.3. The lowest BCUT2D eigenvalue weighted by Crippen LogP contribution is -2.39. The average molecular weight is 328 g/mol. The van der Waals surface area contributed by atoms with Gasteiger partial charge in [0.1, 0.15) is 5.75 Å². The van der Waals surface area contributed by atoms with Crippen molar-refractivity contribution in [3.05, 3.63) is 52.8 Å². The Morgan fingerprint density at radius 3 is 2.54 bits per heavy atom. The first kappa shape index (κ1) is 16.6. The predicted molar refractivity (Wildman–Crippen MR) is 92.3 cm³/mol. The van der Waals surface area contributed by atoms with Gasteiger partial charge in [-0.1, -0.05) is 12.1 Å². The number of hydrogen-bond acceptors (Lipinski definition) is 3. The van der Waals surface area contributed by atoms with E-state index >= 15 is 0 Å². The Labute approximate surface area is 141 Å². The zero-order chi connectivity index (χ0) is 17.3. The molecular formula is C19H24N2O3. The van der Waals surface area contributed by atoms with E-state index in [9.17, 15) is 15.0 Å². The molecule has 128 valence electrons. The number of rotatable bonds is 6. The van der Waals surface area contributed by atoms with Gasteiger partial charge in [0.2, 0.25) is 0 Å². The monoisotopic (exact) mass is 328 g/mol. The number of aliphatic hydroxyl groups excluding tert-OH is 1. The number of phenols is 1. The van der Waals surface area contributed by atoms with Gasteiger partial charge >= 0.3 is 0 Å². The molecule has 0 unspecified atom stereocenters. The standard InChI is InChI=1S/C19H24N2O3/c1-12-9-18(13(2)21(12)16-5-6-16)19(24)20-15(11-22)10-14-3-7-17(23)8-4-14/h3-4,7-9,15-16,22-23H,5-6,10-11H2,1-2H3,(H,20,24)/t15-/m0/s1. The second kappa shape index (κ2) is 6.69. The highest BCUT2D eigenvalue weighted by atomic mass is 16.3. The lowest BCUT2D eigenvalue weighted by Gasteiger charge is -2.17. The summed E-state index contributed by atoms with van der Waals surface area (Å²) in [5.41, 5.74) is 3.74. The molecule has 1 aliphatic carbocycles. The molecule has 1 saturated carbocycles. The van der Waals surface area contributed by atoms with Crippen molar-refractivity contribution in [2.45, 2.75) is 45.2 Å². The summed E-state index contributed by atoms with van der Waals surface area (Å²) in [4.78, 5) is 12.6. The molecule has 0 saturated heterocycles. The molecule has 24 heavy (non-hydrogen) atoms. The molecule has 0 bridgehead atoms. The summed E-state index contributed by atoms with van der Waals surface area (Å²) in [5.74, 6) is 0.0590. The fraction of sp³-hybridized carbons (Fsp3) is 0.421. The highest BCUT2D eigenvalue weighted by molar-refractivity contribution is 5.96. The molecule has 1 aromatic heterocycles. The Balaban J connectivity index is 1.70. The van der Waals surface area contributed by atoms with Gasteiger partial charge in [-0.05, 0) is 56.9 Å². The molecule has 0 aliphatic heterocycles. The molecule has 1 atom stereocenters.